The predicted molar refractivity (Wildman–Crippen MR) is 69.6 cm³/mol. The maximum absolute atomic E-state index is 11.6. The normalized spacial score (nSPS) is 10.1. The summed E-state index contributed by atoms with van der Waals surface area (Å²) in [6, 6.07) is 8.66. The zero-order valence-electron chi connectivity index (χ0n) is 10.4. The first-order chi connectivity index (χ1) is 9.10. The van der Waals surface area contributed by atoms with Gasteiger partial charge in [0, 0.05) is 0 Å². The molecule has 0 atom stereocenters. The van der Waals surface area contributed by atoms with Crippen molar-refractivity contribution >= 4 is 17.6 Å². The summed E-state index contributed by atoms with van der Waals surface area (Å²) < 4.78 is 10.2. The van der Waals surface area contributed by atoms with Crippen molar-refractivity contribution in [2.45, 2.75) is 6.92 Å². The van der Waals surface area contributed by atoms with Gasteiger partial charge in [-0.25, -0.2) is 4.79 Å². The molecular weight excluding hydrogens is 268 g/mol. The lowest BCUT2D eigenvalue weighted by atomic mass is 10.2. The Balaban J connectivity index is 2.34. The van der Waals surface area contributed by atoms with Crippen molar-refractivity contribution in [3.05, 3.63) is 46.6 Å². The number of carbonyl (C=O) groups is 1. The van der Waals surface area contributed by atoms with Crippen LogP contribution in [0.15, 0.2) is 30.3 Å². The van der Waals surface area contributed by atoms with E-state index in [0.29, 0.717) is 5.75 Å². The predicted octanol–water partition coefficient (Wildman–Crippen LogP) is 3.02. The standard InChI is InChI=1S/C13H11ClN2O3/c1-8-3-5-9(6-4-8)19-12-10(13(17)18-2)7-11(14)15-16-12/h3-7H,1-2H3. The van der Waals surface area contributed by atoms with Crippen molar-refractivity contribution in [1.29, 1.82) is 0 Å². The second-order valence-corrected chi connectivity index (χ2v) is 4.18. The van der Waals surface area contributed by atoms with E-state index in [4.69, 9.17) is 16.3 Å². The third kappa shape index (κ3) is 3.20. The average molecular weight is 279 g/mol. The minimum Gasteiger partial charge on any atom is -0.465 e. The molecule has 2 aromatic rings. The van der Waals surface area contributed by atoms with Gasteiger partial charge in [0.05, 0.1) is 7.11 Å². The number of hydrogen-bond acceptors (Lipinski definition) is 5. The maximum atomic E-state index is 11.6. The van der Waals surface area contributed by atoms with Crippen LogP contribution in [0.5, 0.6) is 11.6 Å². The third-order valence-electron chi connectivity index (χ3n) is 2.37. The number of hydrogen-bond donors (Lipinski definition) is 0. The second-order valence-electron chi connectivity index (χ2n) is 3.79. The Morgan fingerprint density at radius 2 is 1.89 bits per heavy atom. The number of esters is 1. The van der Waals surface area contributed by atoms with Gasteiger partial charge in [0.1, 0.15) is 11.3 Å². The molecule has 98 valence electrons. The Morgan fingerprint density at radius 1 is 1.21 bits per heavy atom. The first-order valence-electron chi connectivity index (χ1n) is 5.46. The van der Waals surface area contributed by atoms with Crippen LogP contribution >= 0.6 is 11.6 Å². The van der Waals surface area contributed by atoms with E-state index in [1.54, 1.807) is 12.1 Å². The van der Waals surface area contributed by atoms with Crippen molar-refractivity contribution in [3.8, 4) is 11.6 Å². The zero-order chi connectivity index (χ0) is 13.8. The van der Waals surface area contributed by atoms with Gasteiger partial charge < -0.3 is 9.47 Å². The van der Waals surface area contributed by atoms with E-state index >= 15 is 0 Å². The highest BCUT2D eigenvalue weighted by molar-refractivity contribution is 6.29. The van der Waals surface area contributed by atoms with Crippen LogP contribution in [0.4, 0.5) is 0 Å². The van der Waals surface area contributed by atoms with Gasteiger partial charge in [-0.15, -0.1) is 10.2 Å². The van der Waals surface area contributed by atoms with Gasteiger partial charge in [-0.2, -0.15) is 0 Å². The maximum Gasteiger partial charge on any atom is 0.343 e. The van der Waals surface area contributed by atoms with Crippen LogP contribution in [0, 0.1) is 6.92 Å². The number of aryl methyl sites for hydroxylation is 1. The summed E-state index contributed by atoms with van der Waals surface area (Å²) in [7, 11) is 1.27. The van der Waals surface area contributed by atoms with Crippen molar-refractivity contribution < 1.29 is 14.3 Å². The molecule has 6 heteroatoms. The van der Waals surface area contributed by atoms with Crippen molar-refractivity contribution in [2.24, 2.45) is 0 Å². The third-order valence-corrected chi connectivity index (χ3v) is 2.56. The van der Waals surface area contributed by atoms with Crippen LogP contribution < -0.4 is 4.74 Å². The summed E-state index contributed by atoms with van der Waals surface area (Å²) in [5.41, 5.74) is 1.23. The molecule has 1 heterocycles. The molecular formula is C13H11ClN2O3. The molecule has 0 unspecified atom stereocenters. The van der Waals surface area contributed by atoms with Crippen LogP contribution in [0.1, 0.15) is 15.9 Å². The number of carbonyl (C=O) groups excluding carboxylic acids is 1. The van der Waals surface area contributed by atoms with Gasteiger partial charge in [0.25, 0.3) is 5.88 Å². The highest BCUT2D eigenvalue weighted by Crippen LogP contribution is 2.24. The van der Waals surface area contributed by atoms with E-state index in [1.165, 1.54) is 13.2 Å². The largest absolute Gasteiger partial charge is 0.465 e. The molecule has 0 N–H and O–H groups in total. The number of aromatic nitrogens is 2. The van der Waals surface area contributed by atoms with E-state index in [0.717, 1.165) is 5.56 Å². The van der Waals surface area contributed by atoms with Crippen LogP contribution in [-0.2, 0) is 4.74 Å². The summed E-state index contributed by atoms with van der Waals surface area (Å²) in [6.07, 6.45) is 0. The molecule has 0 fully saturated rings. The number of halogens is 1. The smallest absolute Gasteiger partial charge is 0.343 e. The lowest BCUT2D eigenvalue weighted by Crippen LogP contribution is -2.06. The number of benzene rings is 1. The molecule has 0 aliphatic carbocycles. The van der Waals surface area contributed by atoms with Crippen molar-refractivity contribution in [2.75, 3.05) is 7.11 Å². The fourth-order valence-corrected chi connectivity index (χ4v) is 1.55. The summed E-state index contributed by atoms with van der Waals surface area (Å²) in [5, 5.41) is 7.51. The molecule has 19 heavy (non-hydrogen) atoms. The van der Waals surface area contributed by atoms with Gasteiger partial charge >= 0.3 is 5.97 Å². The van der Waals surface area contributed by atoms with E-state index in [-0.39, 0.29) is 16.6 Å². The van der Waals surface area contributed by atoms with Gasteiger partial charge in [0.2, 0.25) is 0 Å². The monoisotopic (exact) mass is 278 g/mol. The molecule has 5 nitrogen and oxygen atoms in total. The number of ether oxygens (including phenoxy) is 2. The molecule has 0 saturated heterocycles. The SMILES string of the molecule is COC(=O)c1cc(Cl)nnc1Oc1ccc(C)cc1. The topological polar surface area (TPSA) is 61.3 Å². The fraction of sp³-hybridized carbons (Fsp3) is 0.154. The number of rotatable bonds is 3. The molecule has 0 aliphatic rings. The summed E-state index contributed by atoms with van der Waals surface area (Å²) in [4.78, 5) is 11.6. The number of nitrogens with zero attached hydrogens (tertiary/aromatic N) is 2. The van der Waals surface area contributed by atoms with Gasteiger partial charge in [-0.05, 0) is 25.1 Å². The lowest BCUT2D eigenvalue weighted by Gasteiger charge is -2.08. The Kier molecular flexibility index (Phi) is 3.97. The molecule has 1 aromatic carbocycles. The fourth-order valence-electron chi connectivity index (χ4n) is 1.41. The van der Waals surface area contributed by atoms with Crippen LogP contribution in [0.2, 0.25) is 5.15 Å². The zero-order valence-corrected chi connectivity index (χ0v) is 11.1. The van der Waals surface area contributed by atoms with E-state index < -0.39 is 5.97 Å². The van der Waals surface area contributed by atoms with Gasteiger partial charge in [-0.1, -0.05) is 29.3 Å². The molecule has 0 spiro atoms. The molecule has 1 aromatic heterocycles. The Hall–Kier alpha value is -2.14. The molecule has 0 aliphatic heterocycles. The van der Waals surface area contributed by atoms with Crippen LogP contribution in [0.25, 0.3) is 0 Å². The minimum absolute atomic E-state index is 0.0557. The van der Waals surface area contributed by atoms with E-state index in [1.807, 2.05) is 19.1 Å². The molecule has 2 rings (SSSR count). The first kappa shape index (κ1) is 13.3. The minimum atomic E-state index is -0.584. The van der Waals surface area contributed by atoms with Crippen molar-refractivity contribution in [3.63, 3.8) is 0 Å². The van der Waals surface area contributed by atoms with E-state index in [9.17, 15) is 4.79 Å². The average Bonchev–Trinajstić information content (AvgIpc) is 2.42. The van der Waals surface area contributed by atoms with Crippen LogP contribution in [0.3, 0.4) is 0 Å². The van der Waals surface area contributed by atoms with Gasteiger partial charge in [0.15, 0.2) is 5.15 Å². The molecule has 0 radical (unpaired) electrons. The Labute approximate surface area is 115 Å². The summed E-state index contributed by atoms with van der Waals surface area (Å²) >= 11 is 5.70. The highest BCUT2D eigenvalue weighted by Gasteiger charge is 2.17. The molecule has 0 saturated carbocycles. The lowest BCUT2D eigenvalue weighted by molar-refractivity contribution is 0.0596. The summed E-state index contributed by atoms with van der Waals surface area (Å²) in [5.74, 6) is 0.0198. The summed E-state index contributed by atoms with van der Waals surface area (Å²) in [6.45, 7) is 1.96. The highest BCUT2D eigenvalue weighted by atomic mass is 35.5. The van der Waals surface area contributed by atoms with Crippen LogP contribution in [-0.4, -0.2) is 23.3 Å². The number of methoxy groups -OCH3 is 1. The second kappa shape index (κ2) is 5.67. The Bertz CT molecular complexity index is 599. The van der Waals surface area contributed by atoms with Gasteiger partial charge in [-0.3, -0.25) is 0 Å². The first-order valence-corrected chi connectivity index (χ1v) is 5.84. The Morgan fingerprint density at radius 3 is 2.53 bits per heavy atom. The molecule has 0 amide bonds. The van der Waals surface area contributed by atoms with Crippen molar-refractivity contribution in [1.82, 2.24) is 10.2 Å². The van der Waals surface area contributed by atoms with E-state index in [2.05, 4.69) is 14.9 Å². The molecule has 0 bridgehead atoms. The quantitative estimate of drug-likeness (QED) is 0.808.